The quantitative estimate of drug-likeness (QED) is 0.387. The van der Waals surface area contributed by atoms with Crippen molar-refractivity contribution < 1.29 is 19.2 Å². The average Bonchev–Trinajstić information content (AvgIpc) is 3.20. The van der Waals surface area contributed by atoms with Crippen molar-refractivity contribution in [3.8, 4) is 5.75 Å². The summed E-state index contributed by atoms with van der Waals surface area (Å²) in [6.07, 6.45) is 0.412. The fraction of sp³-hybridized carbons (Fsp3) is 0.158. The van der Waals surface area contributed by atoms with Crippen LogP contribution >= 0.6 is 22.9 Å². The Bertz CT molecular complexity index is 1140. The van der Waals surface area contributed by atoms with E-state index in [1.807, 2.05) is 0 Å². The van der Waals surface area contributed by atoms with E-state index in [2.05, 4.69) is 20.8 Å². The number of ether oxygens (including phenoxy) is 1. The van der Waals surface area contributed by atoms with Crippen LogP contribution in [-0.4, -0.2) is 40.6 Å². The first kappa shape index (κ1) is 22.1. The van der Waals surface area contributed by atoms with Crippen LogP contribution in [0.25, 0.3) is 0 Å². The first-order valence-corrected chi connectivity index (χ1v) is 10.1. The smallest absolute Gasteiger partial charge is 0.288 e. The van der Waals surface area contributed by atoms with Crippen LogP contribution in [0.1, 0.15) is 25.7 Å². The standard InChI is InChI=1S/C19H16ClN5O5S/c1-30-13-4-2-3-11(9-13)17(26)21-8-7-16-23-24-19(31-16)22-18(27)12-5-6-14(20)15(10-12)25(28)29/h2-6,9-10H,7-8H2,1H3,(H,21,26)(H,22,24,27). The maximum Gasteiger partial charge on any atom is 0.288 e. The topological polar surface area (TPSA) is 136 Å². The lowest BCUT2D eigenvalue weighted by atomic mass is 10.2. The zero-order valence-electron chi connectivity index (χ0n) is 16.1. The minimum atomic E-state index is -0.665. The third kappa shape index (κ3) is 5.74. The van der Waals surface area contributed by atoms with Crippen LogP contribution in [0.3, 0.4) is 0 Å². The predicted molar refractivity (Wildman–Crippen MR) is 115 cm³/mol. The number of nitro benzene ring substituents is 1. The average molecular weight is 462 g/mol. The molecule has 2 amide bonds. The summed E-state index contributed by atoms with van der Waals surface area (Å²) in [4.78, 5) is 34.8. The summed E-state index contributed by atoms with van der Waals surface area (Å²) >= 11 is 6.89. The van der Waals surface area contributed by atoms with Crippen LogP contribution in [-0.2, 0) is 6.42 Å². The Morgan fingerprint density at radius 1 is 1.16 bits per heavy atom. The van der Waals surface area contributed by atoms with E-state index >= 15 is 0 Å². The zero-order chi connectivity index (χ0) is 22.4. The molecule has 3 rings (SSSR count). The molecule has 0 spiro atoms. The summed E-state index contributed by atoms with van der Waals surface area (Å²) in [7, 11) is 1.52. The number of anilines is 1. The lowest BCUT2D eigenvalue weighted by Crippen LogP contribution is -2.25. The molecular formula is C19H16ClN5O5S. The summed E-state index contributed by atoms with van der Waals surface area (Å²) in [6.45, 7) is 0.321. The molecule has 0 saturated heterocycles. The van der Waals surface area contributed by atoms with Gasteiger partial charge in [0.05, 0.1) is 12.0 Å². The molecule has 0 atom stereocenters. The summed E-state index contributed by atoms with van der Waals surface area (Å²) in [5.74, 6) is -0.238. The number of nitro groups is 1. The minimum absolute atomic E-state index is 0.0595. The van der Waals surface area contributed by atoms with Crippen molar-refractivity contribution in [2.24, 2.45) is 0 Å². The first-order valence-electron chi connectivity index (χ1n) is 8.87. The number of nitrogens with zero attached hydrogens (tertiary/aromatic N) is 3. The molecule has 1 heterocycles. The van der Waals surface area contributed by atoms with Gasteiger partial charge in [-0.15, -0.1) is 10.2 Å². The molecule has 0 unspecified atom stereocenters. The summed E-state index contributed by atoms with van der Waals surface area (Å²) < 4.78 is 5.10. The number of amides is 2. The van der Waals surface area contributed by atoms with Crippen molar-refractivity contribution in [2.75, 3.05) is 19.0 Å². The van der Waals surface area contributed by atoms with Gasteiger partial charge >= 0.3 is 0 Å². The third-order valence-corrected chi connectivity index (χ3v) is 5.27. The highest BCUT2D eigenvalue weighted by molar-refractivity contribution is 7.15. The molecule has 0 aliphatic carbocycles. The van der Waals surface area contributed by atoms with E-state index in [-0.39, 0.29) is 27.3 Å². The maximum absolute atomic E-state index is 12.3. The number of hydrogen-bond donors (Lipinski definition) is 2. The maximum atomic E-state index is 12.3. The summed E-state index contributed by atoms with van der Waals surface area (Å²) in [6, 6.07) is 10.5. The Kier molecular flexibility index (Phi) is 7.11. The third-order valence-electron chi connectivity index (χ3n) is 4.05. The number of benzene rings is 2. The molecule has 0 bridgehead atoms. The number of carbonyl (C=O) groups excluding carboxylic acids is 2. The number of methoxy groups -OCH3 is 1. The van der Waals surface area contributed by atoms with Crippen LogP contribution < -0.4 is 15.4 Å². The van der Waals surface area contributed by atoms with Gasteiger partial charge in [-0.2, -0.15) is 0 Å². The Labute approximate surface area is 185 Å². The molecule has 2 aromatic carbocycles. The first-order chi connectivity index (χ1) is 14.9. The zero-order valence-corrected chi connectivity index (χ0v) is 17.7. The lowest BCUT2D eigenvalue weighted by molar-refractivity contribution is -0.384. The van der Waals surface area contributed by atoms with Gasteiger partial charge in [-0.1, -0.05) is 29.0 Å². The second kappa shape index (κ2) is 9.96. The van der Waals surface area contributed by atoms with E-state index in [1.165, 1.54) is 19.2 Å². The van der Waals surface area contributed by atoms with Crippen molar-refractivity contribution >= 4 is 45.6 Å². The number of nitrogens with one attached hydrogen (secondary N) is 2. The van der Waals surface area contributed by atoms with Crippen molar-refractivity contribution in [3.63, 3.8) is 0 Å². The van der Waals surface area contributed by atoms with E-state index in [4.69, 9.17) is 16.3 Å². The fourth-order valence-electron chi connectivity index (χ4n) is 2.52. The van der Waals surface area contributed by atoms with Gasteiger partial charge in [-0.3, -0.25) is 25.0 Å². The molecular weight excluding hydrogens is 446 g/mol. The molecule has 10 nitrogen and oxygen atoms in total. The van der Waals surface area contributed by atoms with Crippen molar-refractivity contribution in [3.05, 3.63) is 73.7 Å². The van der Waals surface area contributed by atoms with Gasteiger partial charge in [0.15, 0.2) is 0 Å². The van der Waals surface area contributed by atoms with Gasteiger partial charge in [0.1, 0.15) is 15.8 Å². The highest BCUT2D eigenvalue weighted by atomic mass is 35.5. The molecule has 2 N–H and O–H groups in total. The van der Waals surface area contributed by atoms with Gasteiger partial charge in [0.2, 0.25) is 5.13 Å². The summed E-state index contributed by atoms with van der Waals surface area (Å²) in [5.41, 5.74) is 0.180. The van der Waals surface area contributed by atoms with Gasteiger partial charge in [0, 0.05) is 30.2 Å². The number of aromatic nitrogens is 2. The Hall–Kier alpha value is -3.57. The number of hydrogen-bond acceptors (Lipinski definition) is 8. The number of carbonyl (C=O) groups is 2. The molecule has 0 radical (unpaired) electrons. The van der Waals surface area contributed by atoms with Crippen LogP contribution in [0.15, 0.2) is 42.5 Å². The Morgan fingerprint density at radius 2 is 1.94 bits per heavy atom. The van der Waals surface area contributed by atoms with E-state index in [0.717, 1.165) is 17.4 Å². The van der Waals surface area contributed by atoms with Gasteiger partial charge in [-0.25, -0.2) is 0 Å². The van der Waals surface area contributed by atoms with E-state index in [0.29, 0.717) is 29.3 Å². The molecule has 31 heavy (non-hydrogen) atoms. The highest BCUT2D eigenvalue weighted by Crippen LogP contribution is 2.26. The van der Waals surface area contributed by atoms with Gasteiger partial charge in [0.25, 0.3) is 17.5 Å². The molecule has 0 saturated carbocycles. The van der Waals surface area contributed by atoms with E-state index in [1.54, 1.807) is 24.3 Å². The second-order valence-corrected chi connectivity index (χ2v) is 7.59. The van der Waals surface area contributed by atoms with Crippen LogP contribution in [0, 0.1) is 10.1 Å². The monoisotopic (exact) mass is 461 g/mol. The van der Waals surface area contributed by atoms with Crippen LogP contribution in [0.5, 0.6) is 5.75 Å². The molecule has 1 aromatic heterocycles. The van der Waals surface area contributed by atoms with Crippen molar-refractivity contribution in [2.45, 2.75) is 6.42 Å². The predicted octanol–water partition coefficient (Wildman–Crippen LogP) is 3.33. The normalized spacial score (nSPS) is 10.4. The van der Waals surface area contributed by atoms with Crippen molar-refractivity contribution in [1.82, 2.24) is 15.5 Å². The molecule has 0 aliphatic rings. The van der Waals surface area contributed by atoms with Crippen molar-refractivity contribution in [1.29, 1.82) is 0 Å². The highest BCUT2D eigenvalue weighted by Gasteiger charge is 2.17. The fourth-order valence-corrected chi connectivity index (χ4v) is 3.44. The molecule has 3 aromatic rings. The molecule has 0 aliphatic heterocycles. The van der Waals surface area contributed by atoms with Gasteiger partial charge < -0.3 is 10.1 Å². The lowest BCUT2D eigenvalue weighted by Gasteiger charge is -2.05. The van der Waals surface area contributed by atoms with Crippen LogP contribution in [0.4, 0.5) is 10.8 Å². The molecule has 160 valence electrons. The van der Waals surface area contributed by atoms with Crippen LogP contribution in [0.2, 0.25) is 5.02 Å². The number of rotatable bonds is 8. The summed E-state index contributed by atoms with van der Waals surface area (Å²) in [5, 5.41) is 24.9. The van der Waals surface area contributed by atoms with E-state index < -0.39 is 10.8 Å². The van der Waals surface area contributed by atoms with E-state index in [9.17, 15) is 19.7 Å². The Balaban J connectivity index is 1.54. The second-order valence-electron chi connectivity index (χ2n) is 6.12. The minimum Gasteiger partial charge on any atom is -0.497 e. The molecule has 0 fully saturated rings. The SMILES string of the molecule is COc1cccc(C(=O)NCCc2nnc(NC(=O)c3ccc(Cl)c([N+](=O)[O-])c3)s2)c1. The largest absolute Gasteiger partial charge is 0.497 e. The Morgan fingerprint density at radius 3 is 2.68 bits per heavy atom. The van der Waals surface area contributed by atoms with Gasteiger partial charge in [-0.05, 0) is 30.3 Å². The molecule has 12 heteroatoms. The number of halogens is 1.